The Labute approximate surface area is 305 Å². The molecule has 4 aromatic rings. The van der Waals surface area contributed by atoms with E-state index in [0.717, 1.165) is 23.8 Å². The average molecular weight is 887 g/mol. The van der Waals surface area contributed by atoms with Gasteiger partial charge in [0, 0.05) is 72.6 Å². The van der Waals surface area contributed by atoms with Crippen molar-refractivity contribution in [2.45, 2.75) is 61.9 Å². The molecular formula is C29H26CeF5IN5O3S-. The smallest absolute Gasteiger partial charge is 0.319 e. The van der Waals surface area contributed by atoms with Crippen molar-refractivity contribution in [1.82, 2.24) is 14.9 Å². The molecule has 2 aliphatic heterocycles. The second kappa shape index (κ2) is 12.3. The number of thiophene rings is 1. The first-order valence-corrected chi connectivity index (χ1v) is 15.9. The topological polar surface area (TPSA) is 117 Å². The fraction of sp³-hybridized carbons (Fsp3) is 0.448. The molecule has 0 radical (unpaired) electrons. The number of fused-ring (bicyclic) bond motifs is 3. The van der Waals surface area contributed by atoms with Crippen molar-refractivity contribution in [3.8, 4) is 22.9 Å². The summed E-state index contributed by atoms with van der Waals surface area (Å²) in [4.78, 5) is 10.7. The molecule has 4 heterocycles. The summed E-state index contributed by atoms with van der Waals surface area (Å²) in [5.74, 6) is -5.29. The number of nitrogens with one attached hydrogen (secondary N) is 1. The van der Waals surface area contributed by atoms with E-state index in [1.165, 1.54) is 6.07 Å². The molecule has 5 N–H and O–H groups in total. The van der Waals surface area contributed by atoms with E-state index in [4.69, 9.17) is 10.5 Å². The van der Waals surface area contributed by atoms with Gasteiger partial charge < -0.3 is 26.0 Å². The molecule has 1 aliphatic carbocycles. The predicted octanol–water partition coefficient (Wildman–Crippen LogP) is 6.01. The first-order chi connectivity index (χ1) is 20.9. The van der Waals surface area contributed by atoms with Gasteiger partial charge in [-0.3, -0.25) is 4.90 Å². The third-order valence-electron chi connectivity index (χ3n) is 8.86. The number of aromatic nitrogens is 2. The number of anilines is 2. The number of benzene rings is 2. The van der Waals surface area contributed by atoms with E-state index in [2.05, 4.69) is 21.4 Å². The van der Waals surface area contributed by atoms with Gasteiger partial charge in [0.15, 0.2) is 0 Å². The zero-order valence-electron chi connectivity index (χ0n) is 23.4. The summed E-state index contributed by atoms with van der Waals surface area (Å²) in [5.41, 5.74) is 5.02. The zero-order chi connectivity index (χ0) is 31.1. The van der Waals surface area contributed by atoms with Crippen LogP contribution in [0.15, 0.2) is 12.1 Å². The van der Waals surface area contributed by atoms with E-state index >= 15 is 4.39 Å². The van der Waals surface area contributed by atoms with Crippen LogP contribution in [0.4, 0.5) is 32.8 Å². The van der Waals surface area contributed by atoms with Crippen molar-refractivity contribution < 1.29 is 78.6 Å². The zero-order valence-corrected chi connectivity index (χ0v) is 29.6. The van der Waals surface area contributed by atoms with Gasteiger partial charge in [-0.2, -0.15) is 26.7 Å². The van der Waals surface area contributed by atoms with E-state index in [1.807, 2.05) is 4.90 Å². The molecule has 3 fully saturated rings. The van der Waals surface area contributed by atoms with E-state index < -0.39 is 60.0 Å². The minimum Gasteiger partial charge on any atom is -0.506 e. The SMILES string of the molecule is Nc1[c-]c2c(-c3c(I)c(O)c4c(NC5CC(F)(F)CC5O)nc(OC[C@@]56CCCN5C[C@H](F)C6)nc4c3F)ccc(F)c2s1.[Ce]. The standard InChI is InChI=1S/C29H26F5IN5O3S.Ce/c30-12-7-28(4-1-5-40(28)10-12)11-43-27-38-23-20(26(39-27)37-16-8-29(33,34)9-17(16)41)24(42)22(35)19(21(23)32)13-2-3-15(31)25-14(13)6-18(36)44-25;/h2-3,12,16-17,41-42H,1,4-5,7-11,36H2,(H,37,38,39);/q-1;/t12-,16?,17?,28+;/m1./s1. The van der Waals surface area contributed by atoms with E-state index in [9.17, 15) is 27.8 Å². The molecule has 238 valence electrons. The summed E-state index contributed by atoms with van der Waals surface area (Å²) in [6.45, 7) is 1.00. The monoisotopic (exact) mass is 886 g/mol. The molecule has 3 aliphatic rings. The van der Waals surface area contributed by atoms with Crippen LogP contribution < -0.4 is 15.8 Å². The molecular weight excluding hydrogens is 860 g/mol. The van der Waals surface area contributed by atoms with Crippen LogP contribution in [0.1, 0.15) is 32.1 Å². The maximum Gasteiger partial charge on any atom is 0.319 e. The number of aromatic hydroxyl groups is 1. The number of rotatable bonds is 6. The Kier molecular flexibility index (Phi) is 9.12. The summed E-state index contributed by atoms with van der Waals surface area (Å²) in [6, 6.07) is 3.88. The molecule has 4 atom stereocenters. The molecule has 2 unspecified atom stereocenters. The first-order valence-electron chi connectivity index (χ1n) is 14.0. The van der Waals surface area contributed by atoms with Crippen molar-refractivity contribution in [3.05, 3.63) is 33.4 Å². The van der Waals surface area contributed by atoms with Gasteiger partial charge in [-0.1, -0.05) is 0 Å². The molecule has 7 rings (SSSR count). The number of phenolic OH excluding ortho intramolecular Hbond substituents is 1. The quantitative estimate of drug-likeness (QED) is 0.106. The number of nitrogen functional groups attached to an aromatic ring is 1. The Balaban J connectivity index is 0.00000357. The Hall–Kier alpha value is -1.38. The van der Waals surface area contributed by atoms with Crippen LogP contribution in [0.3, 0.4) is 0 Å². The molecule has 2 aromatic carbocycles. The van der Waals surface area contributed by atoms with Crippen molar-refractivity contribution in [2.24, 2.45) is 0 Å². The summed E-state index contributed by atoms with van der Waals surface area (Å²) in [7, 11) is 0. The van der Waals surface area contributed by atoms with Gasteiger partial charge in [0.05, 0.1) is 32.5 Å². The van der Waals surface area contributed by atoms with Gasteiger partial charge in [-0.05, 0) is 58.3 Å². The van der Waals surface area contributed by atoms with Gasteiger partial charge in [0.1, 0.15) is 35.7 Å². The number of halogens is 6. The van der Waals surface area contributed by atoms with E-state index in [0.29, 0.717) is 13.0 Å². The number of hydrogen-bond donors (Lipinski definition) is 4. The third kappa shape index (κ3) is 5.85. The molecule has 0 bridgehead atoms. The van der Waals surface area contributed by atoms with Crippen LogP contribution >= 0.6 is 33.9 Å². The number of hydrogen-bond acceptors (Lipinski definition) is 9. The Bertz CT molecular complexity index is 1820. The maximum atomic E-state index is 16.7. The Morgan fingerprint density at radius 1 is 1.22 bits per heavy atom. The van der Waals surface area contributed by atoms with Crippen LogP contribution in [-0.4, -0.2) is 74.6 Å². The van der Waals surface area contributed by atoms with Gasteiger partial charge in [0.2, 0.25) is 0 Å². The second-order valence-corrected chi connectivity index (χ2v) is 13.9. The summed E-state index contributed by atoms with van der Waals surface area (Å²) in [5, 5.41) is 24.7. The maximum absolute atomic E-state index is 16.7. The van der Waals surface area contributed by atoms with E-state index in [1.54, 1.807) is 22.6 Å². The number of nitrogens with zero attached hydrogens (tertiary/aromatic N) is 3. The van der Waals surface area contributed by atoms with Crippen molar-refractivity contribution >= 4 is 65.7 Å². The van der Waals surface area contributed by atoms with Crippen molar-refractivity contribution in [2.75, 3.05) is 30.7 Å². The second-order valence-electron chi connectivity index (χ2n) is 11.8. The summed E-state index contributed by atoms with van der Waals surface area (Å²) < 4.78 is 80.1. The molecule has 0 spiro atoms. The van der Waals surface area contributed by atoms with Crippen LogP contribution in [0.25, 0.3) is 32.1 Å². The fourth-order valence-electron chi connectivity index (χ4n) is 6.88. The molecule has 45 heavy (non-hydrogen) atoms. The number of phenols is 1. The Morgan fingerprint density at radius 3 is 2.73 bits per heavy atom. The first kappa shape index (κ1) is 33.5. The molecule has 16 heteroatoms. The molecule has 1 saturated carbocycles. The number of nitrogens with two attached hydrogens (primary N) is 1. The van der Waals surface area contributed by atoms with Crippen LogP contribution in [0.5, 0.6) is 11.8 Å². The van der Waals surface area contributed by atoms with Crippen LogP contribution in [0, 0.1) is 63.0 Å². The minimum atomic E-state index is -3.14. The summed E-state index contributed by atoms with van der Waals surface area (Å²) in [6.07, 6.45) is -2.15. The summed E-state index contributed by atoms with van der Waals surface area (Å²) >= 11 is 2.68. The van der Waals surface area contributed by atoms with Gasteiger partial charge in [0.25, 0.3) is 5.92 Å². The number of aliphatic hydroxyl groups is 1. The van der Waals surface area contributed by atoms with Crippen molar-refractivity contribution in [1.29, 1.82) is 0 Å². The third-order valence-corrected chi connectivity index (χ3v) is 10.8. The van der Waals surface area contributed by atoms with Gasteiger partial charge in [-0.15, -0.1) is 17.7 Å². The van der Waals surface area contributed by atoms with Crippen LogP contribution in [-0.2, 0) is 0 Å². The van der Waals surface area contributed by atoms with Crippen molar-refractivity contribution in [3.63, 3.8) is 0 Å². The number of aliphatic hydroxyl groups excluding tert-OH is 1. The Morgan fingerprint density at radius 2 is 2.00 bits per heavy atom. The molecule has 2 aromatic heterocycles. The number of ether oxygens (including phenoxy) is 1. The minimum absolute atomic E-state index is 0. The normalized spacial score (nSPS) is 26.0. The average Bonchev–Trinajstić information content (AvgIpc) is 3.68. The van der Waals surface area contributed by atoms with Crippen LogP contribution in [0.2, 0.25) is 0 Å². The fourth-order valence-corrected chi connectivity index (χ4v) is 8.48. The van der Waals surface area contributed by atoms with Gasteiger partial charge >= 0.3 is 6.01 Å². The molecule has 8 nitrogen and oxygen atoms in total. The number of alkyl halides is 3. The predicted molar refractivity (Wildman–Crippen MR) is 164 cm³/mol. The molecule has 0 amide bonds. The molecule has 2 saturated heterocycles. The van der Waals surface area contributed by atoms with Gasteiger partial charge in [-0.25, -0.2) is 22.0 Å². The largest absolute Gasteiger partial charge is 0.506 e. The van der Waals surface area contributed by atoms with E-state index in [-0.39, 0.29) is 114 Å².